The van der Waals surface area contributed by atoms with Crippen molar-refractivity contribution in [2.45, 2.75) is 19.5 Å². The summed E-state index contributed by atoms with van der Waals surface area (Å²) in [7, 11) is 0. The number of rotatable bonds is 5. The highest BCUT2D eigenvalue weighted by Gasteiger charge is 2.13. The highest BCUT2D eigenvalue weighted by molar-refractivity contribution is 5.76. The predicted octanol–water partition coefficient (Wildman–Crippen LogP) is 2.07. The van der Waals surface area contributed by atoms with Crippen LogP contribution in [-0.4, -0.2) is 23.7 Å². The number of ether oxygens (including phenoxy) is 2. The minimum atomic E-state index is -0.453. The van der Waals surface area contributed by atoms with E-state index in [1.165, 1.54) is 4.57 Å². The molecule has 1 amide bonds. The van der Waals surface area contributed by atoms with Gasteiger partial charge in [-0.05, 0) is 29.8 Å². The van der Waals surface area contributed by atoms with Crippen molar-refractivity contribution in [1.82, 2.24) is 9.88 Å². The number of oxazole rings is 1. The van der Waals surface area contributed by atoms with Crippen LogP contribution >= 0.6 is 0 Å². The first-order chi connectivity index (χ1) is 12.7. The lowest BCUT2D eigenvalue weighted by Crippen LogP contribution is -2.26. The zero-order chi connectivity index (χ0) is 17.9. The molecule has 0 atom stereocenters. The number of hydrogen-bond acceptors (Lipinski definition) is 5. The Morgan fingerprint density at radius 3 is 2.77 bits per heavy atom. The maximum absolute atomic E-state index is 12.1. The molecule has 2 heterocycles. The van der Waals surface area contributed by atoms with Crippen LogP contribution in [0.4, 0.5) is 0 Å². The van der Waals surface area contributed by atoms with Crippen LogP contribution in [0.25, 0.3) is 11.1 Å². The van der Waals surface area contributed by atoms with Gasteiger partial charge in [-0.15, -0.1) is 0 Å². The Hall–Kier alpha value is -3.22. The van der Waals surface area contributed by atoms with Crippen molar-refractivity contribution in [3.63, 3.8) is 0 Å². The van der Waals surface area contributed by atoms with E-state index in [1.807, 2.05) is 24.3 Å². The second-order valence-electron chi connectivity index (χ2n) is 5.99. The van der Waals surface area contributed by atoms with Gasteiger partial charge in [0.25, 0.3) is 0 Å². The van der Waals surface area contributed by atoms with Crippen LogP contribution in [-0.2, 0) is 17.9 Å². The number of para-hydroxylation sites is 2. The van der Waals surface area contributed by atoms with Crippen LogP contribution in [0.3, 0.4) is 0 Å². The van der Waals surface area contributed by atoms with E-state index in [2.05, 4.69) is 5.32 Å². The average Bonchev–Trinajstić information content (AvgIpc) is 2.99. The third-order valence-corrected chi connectivity index (χ3v) is 4.23. The Balaban J connectivity index is 1.35. The fraction of sp³-hybridized carbons (Fsp3) is 0.263. The number of benzene rings is 2. The molecule has 1 aliphatic heterocycles. The molecular weight excluding hydrogens is 336 g/mol. The first-order valence-corrected chi connectivity index (χ1v) is 8.44. The molecular formula is C19H18N2O5. The van der Waals surface area contributed by atoms with Crippen LogP contribution in [0.2, 0.25) is 0 Å². The Bertz CT molecular complexity index is 1000. The second kappa shape index (κ2) is 6.95. The first kappa shape index (κ1) is 16.3. The molecule has 0 spiro atoms. The number of aromatic nitrogens is 1. The van der Waals surface area contributed by atoms with Crippen molar-refractivity contribution in [1.29, 1.82) is 0 Å². The van der Waals surface area contributed by atoms with Crippen molar-refractivity contribution in [3.05, 3.63) is 58.6 Å². The van der Waals surface area contributed by atoms with Crippen LogP contribution < -0.4 is 20.5 Å². The summed E-state index contributed by atoms with van der Waals surface area (Å²) < 4.78 is 17.6. The molecule has 7 nitrogen and oxygen atoms in total. The van der Waals surface area contributed by atoms with Gasteiger partial charge >= 0.3 is 5.76 Å². The van der Waals surface area contributed by atoms with E-state index in [1.54, 1.807) is 18.2 Å². The van der Waals surface area contributed by atoms with Crippen molar-refractivity contribution in [3.8, 4) is 11.5 Å². The molecule has 0 unspecified atom stereocenters. The molecule has 4 rings (SSSR count). The van der Waals surface area contributed by atoms with E-state index in [4.69, 9.17) is 13.9 Å². The van der Waals surface area contributed by atoms with Crippen LogP contribution in [0.15, 0.2) is 51.7 Å². The highest BCUT2D eigenvalue weighted by atomic mass is 16.6. The third-order valence-electron chi connectivity index (χ3n) is 4.23. The zero-order valence-corrected chi connectivity index (χ0v) is 14.1. The first-order valence-electron chi connectivity index (χ1n) is 8.44. The minimum Gasteiger partial charge on any atom is -0.486 e. The third kappa shape index (κ3) is 3.28. The van der Waals surface area contributed by atoms with Gasteiger partial charge in [-0.25, -0.2) is 4.79 Å². The summed E-state index contributed by atoms with van der Waals surface area (Å²) in [5.41, 5.74) is 2.14. The molecule has 0 aliphatic carbocycles. The summed E-state index contributed by atoms with van der Waals surface area (Å²) in [5.74, 6) is 0.819. The number of nitrogens with zero attached hydrogens (tertiary/aromatic N) is 1. The summed E-state index contributed by atoms with van der Waals surface area (Å²) in [6.07, 6.45) is 0.188. The van der Waals surface area contributed by atoms with Gasteiger partial charge in [-0.1, -0.05) is 18.2 Å². The molecule has 0 saturated heterocycles. The van der Waals surface area contributed by atoms with E-state index in [-0.39, 0.29) is 18.9 Å². The van der Waals surface area contributed by atoms with Gasteiger partial charge in [0.05, 0.1) is 5.52 Å². The summed E-state index contributed by atoms with van der Waals surface area (Å²) in [4.78, 5) is 24.0. The topological polar surface area (TPSA) is 82.7 Å². The molecule has 26 heavy (non-hydrogen) atoms. The monoisotopic (exact) mass is 354 g/mol. The molecule has 1 aliphatic rings. The number of aryl methyl sites for hydroxylation is 1. The summed E-state index contributed by atoms with van der Waals surface area (Å²) in [5, 5.41) is 2.85. The van der Waals surface area contributed by atoms with Crippen LogP contribution in [0, 0.1) is 0 Å². The van der Waals surface area contributed by atoms with Gasteiger partial charge in [-0.2, -0.15) is 0 Å². The number of nitrogens with one attached hydrogen (secondary N) is 1. The summed E-state index contributed by atoms with van der Waals surface area (Å²) in [6.45, 7) is 1.72. The fourth-order valence-corrected chi connectivity index (χ4v) is 2.93. The molecule has 0 bridgehead atoms. The summed E-state index contributed by atoms with van der Waals surface area (Å²) in [6, 6.07) is 12.8. The minimum absolute atomic E-state index is 0.142. The van der Waals surface area contributed by atoms with E-state index in [9.17, 15) is 9.59 Å². The molecule has 2 aromatic carbocycles. The average molecular weight is 354 g/mol. The molecule has 0 fully saturated rings. The Kier molecular flexibility index (Phi) is 4.35. The van der Waals surface area contributed by atoms with Gasteiger partial charge < -0.3 is 19.2 Å². The molecule has 0 radical (unpaired) electrons. The van der Waals surface area contributed by atoms with Crippen molar-refractivity contribution >= 4 is 17.0 Å². The Morgan fingerprint density at radius 2 is 1.88 bits per heavy atom. The van der Waals surface area contributed by atoms with Crippen LogP contribution in [0.5, 0.6) is 11.5 Å². The van der Waals surface area contributed by atoms with E-state index < -0.39 is 5.76 Å². The van der Waals surface area contributed by atoms with Gasteiger partial charge in [0, 0.05) is 19.5 Å². The highest BCUT2D eigenvalue weighted by Crippen LogP contribution is 2.30. The summed E-state index contributed by atoms with van der Waals surface area (Å²) >= 11 is 0. The van der Waals surface area contributed by atoms with Gasteiger partial charge in [-0.3, -0.25) is 9.36 Å². The number of carbonyl (C=O) groups is 1. The lowest BCUT2D eigenvalue weighted by molar-refractivity contribution is -0.121. The molecule has 3 aromatic rings. The van der Waals surface area contributed by atoms with Crippen molar-refractivity contribution in [2.24, 2.45) is 0 Å². The Morgan fingerprint density at radius 1 is 1.08 bits per heavy atom. The quantitative estimate of drug-likeness (QED) is 0.758. The second-order valence-corrected chi connectivity index (χ2v) is 5.99. The number of amides is 1. The maximum atomic E-state index is 12.1. The number of fused-ring (bicyclic) bond motifs is 2. The maximum Gasteiger partial charge on any atom is 0.419 e. The van der Waals surface area contributed by atoms with E-state index in [0.29, 0.717) is 36.6 Å². The number of hydrogen-bond donors (Lipinski definition) is 1. The standard InChI is InChI=1S/C19H18N2O5/c22-18(7-8-21-14-3-1-2-4-15(14)26-19(21)23)20-12-13-5-6-16-17(11-13)25-10-9-24-16/h1-6,11H,7-10,12H2,(H,20,22). The lowest BCUT2D eigenvalue weighted by atomic mass is 10.2. The normalized spacial score (nSPS) is 12.9. The van der Waals surface area contributed by atoms with Gasteiger partial charge in [0.15, 0.2) is 17.1 Å². The van der Waals surface area contributed by atoms with Crippen LogP contribution in [0.1, 0.15) is 12.0 Å². The molecule has 7 heteroatoms. The largest absolute Gasteiger partial charge is 0.486 e. The van der Waals surface area contributed by atoms with Crippen molar-refractivity contribution < 1.29 is 18.7 Å². The van der Waals surface area contributed by atoms with Gasteiger partial charge in [0.2, 0.25) is 5.91 Å². The molecule has 0 saturated carbocycles. The SMILES string of the molecule is O=C(CCn1c(=O)oc2ccccc21)NCc1ccc2c(c1)OCCO2. The van der Waals surface area contributed by atoms with E-state index >= 15 is 0 Å². The zero-order valence-electron chi connectivity index (χ0n) is 14.1. The predicted molar refractivity (Wildman–Crippen MR) is 94.4 cm³/mol. The molecule has 1 aromatic heterocycles. The molecule has 134 valence electrons. The van der Waals surface area contributed by atoms with E-state index in [0.717, 1.165) is 11.3 Å². The smallest absolute Gasteiger partial charge is 0.419 e. The fourth-order valence-electron chi connectivity index (χ4n) is 2.93. The lowest BCUT2D eigenvalue weighted by Gasteiger charge is -2.19. The number of carbonyl (C=O) groups excluding carboxylic acids is 1. The van der Waals surface area contributed by atoms with Gasteiger partial charge in [0.1, 0.15) is 13.2 Å². The molecule has 1 N–H and O–H groups in total. The Labute approximate surface area is 149 Å². The van der Waals surface area contributed by atoms with Crippen molar-refractivity contribution in [2.75, 3.05) is 13.2 Å².